The van der Waals surface area contributed by atoms with Crippen LogP contribution in [0.25, 0.3) is 0 Å². The number of amides is 6. The summed E-state index contributed by atoms with van der Waals surface area (Å²) < 4.78 is 0. The van der Waals surface area contributed by atoms with E-state index in [1.165, 1.54) is 36.8 Å². The van der Waals surface area contributed by atoms with Gasteiger partial charge in [-0.05, 0) is 24.9 Å². The normalized spacial score (nSPS) is 14.2. The molecular weight excluding hydrogens is 738 g/mol. The number of thioether (sulfide) groups is 1. The number of aromatic nitrogens is 4. The lowest BCUT2D eigenvalue weighted by atomic mass is 10.0. The van der Waals surface area contributed by atoms with Gasteiger partial charge in [-0.3, -0.25) is 38.4 Å². The van der Waals surface area contributed by atoms with E-state index in [-0.39, 0.29) is 25.0 Å². The molecule has 0 saturated heterocycles. The van der Waals surface area contributed by atoms with E-state index in [4.69, 9.17) is 16.6 Å². The Morgan fingerprint density at radius 2 is 1.09 bits per heavy atom. The van der Waals surface area contributed by atoms with Crippen LogP contribution in [0.5, 0.6) is 0 Å². The van der Waals surface area contributed by atoms with Gasteiger partial charge in [0.2, 0.25) is 35.4 Å². The lowest BCUT2D eigenvalue weighted by Crippen LogP contribution is -2.60. The molecule has 6 amide bonds. The number of nitrogens with two attached hydrogens (primary N) is 2. The van der Waals surface area contributed by atoms with Gasteiger partial charge in [0, 0.05) is 43.0 Å². The van der Waals surface area contributed by atoms with Crippen LogP contribution >= 0.6 is 11.8 Å². The maximum atomic E-state index is 13.6. The highest BCUT2D eigenvalue weighted by Gasteiger charge is 2.34. The van der Waals surface area contributed by atoms with Crippen LogP contribution in [0.1, 0.15) is 43.5 Å². The number of aromatic amines is 2. The number of rotatable bonds is 25. The molecule has 2 aromatic heterocycles. The van der Waals surface area contributed by atoms with Crippen molar-refractivity contribution in [3.05, 3.63) is 36.4 Å². The van der Waals surface area contributed by atoms with E-state index >= 15 is 0 Å². The Morgan fingerprint density at radius 1 is 0.667 bits per heavy atom. The van der Waals surface area contributed by atoms with E-state index in [2.05, 4.69) is 41.2 Å². The van der Waals surface area contributed by atoms with Gasteiger partial charge in [-0.25, -0.2) is 14.8 Å². The zero-order valence-electron chi connectivity index (χ0n) is 28.9. The molecule has 0 fully saturated rings. The van der Waals surface area contributed by atoms with Crippen LogP contribution < -0.4 is 38.1 Å². The zero-order valence-corrected chi connectivity index (χ0v) is 29.7. The quantitative estimate of drug-likeness (QED) is 0.0453. The Kier molecular flexibility index (Phi) is 18.1. The lowest BCUT2D eigenvalue weighted by molar-refractivity contribution is -0.147. The van der Waals surface area contributed by atoms with E-state index in [0.717, 1.165) is 0 Å². The summed E-state index contributed by atoms with van der Waals surface area (Å²) >= 11 is 1.44. The number of carbonyl (C=O) groups is 9. The minimum absolute atomic E-state index is 0.174. The highest BCUT2D eigenvalue weighted by Crippen LogP contribution is 2.08. The predicted molar refractivity (Wildman–Crippen MR) is 186 cm³/mol. The maximum Gasteiger partial charge on any atom is 0.326 e. The first-order valence-corrected chi connectivity index (χ1v) is 17.6. The molecule has 0 aliphatic rings. The third-order valence-corrected chi connectivity index (χ3v) is 8.15. The van der Waals surface area contributed by atoms with Crippen molar-refractivity contribution >= 4 is 65.1 Å². The van der Waals surface area contributed by atoms with Gasteiger partial charge in [0.1, 0.15) is 30.2 Å². The number of carboxylic acid groups (broad SMARTS) is 3. The SMILES string of the molecule is CSCC[C@H](N)C(=O)N[C@@H](Cc1cnc[nH]1)C(=O)N[C@@H](CC(=O)O)C(=O)N[C@@H](CCC(N)=O)C(=O)N[C@@H](Cc1cnc[nH]1)C(=O)N[C@@H](CC(=O)O)C(=O)O. The van der Waals surface area contributed by atoms with Crippen LogP contribution in [0.4, 0.5) is 0 Å². The smallest absolute Gasteiger partial charge is 0.326 e. The number of hydrogen-bond acceptors (Lipinski definition) is 13. The molecular formula is C30H43N11O12S. The average Bonchev–Trinajstić information content (AvgIpc) is 3.81. The van der Waals surface area contributed by atoms with Crippen molar-refractivity contribution < 1.29 is 58.5 Å². The Bertz CT molecular complexity index is 1620. The second-order valence-electron chi connectivity index (χ2n) is 11.8. The first-order valence-electron chi connectivity index (χ1n) is 16.2. The number of primary amides is 1. The second kappa shape index (κ2) is 22.1. The van der Waals surface area contributed by atoms with Crippen LogP contribution in [0.3, 0.4) is 0 Å². The van der Waals surface area contributed by atoms with Gasteiger partial charge in [-0.15, -0.1) is 0 Å². The Labute approximate surface area is 310 Å². The molecule has 2 heterocycles. The first kappa shape index (κ1) is 44.1. The van der Waals surface area contributed by atoms with E-state index in [0.29, 0.717) is 11.4 Å². The number of aliphatic carboxylic acids is 3. The number of hydrogen-bond donors (Lipinski definition) is 12. The predicted octanol–water partition coefficient (Wildman–Crippen LogP) is -4.28. The molecule has 0 radical (unpaired) electrons. The molecule has 14 N–H and O–H groups in total. The van der Waals surface area contributed by atoms with Crippen molar-refractivity contribution in [2.24, 2.45) is 11.5 Å². The van der Waals surface area contributed by atoms with Gasteiger partial charge in [0.25, 0.3) is 0 Å². The minimum atomic E-state index is -1.89. The molecule has 24 heteroatoms. The molecule has 6 atom stereocenters. The Balaban J connectivity index is 2.34. The summed E-state index contributed by atoms with van der Waals surface area (Å²) in [5, 5.41) is 39.4. The summed E-state index contributed by atoms with van der Waals surface area (Å²) in [6, 6.07) is -9.43. The van der Waals surface area contributed by atoms with Gasteiger partial charge in [0.05, 0.1) is 31.5 Å². The number of imidazole rings is 2. The monoisotopic (exact) mass is 781 g/mol. The highest BCUT2D eigenvalue weighted by atomic mass is 32.2. The molecule has 54 heavy (non-hydrogen) atoms. The van der Waals surface area contributed by atoms with Gasteiger partial charge in [-0.1, -0.05) is 0 Å². The number of H-pyrrole nitrogens is 2. The molecule has 0 bridgehead atoms. The fraction of sp³-hybridized carbons (Fsp3) is 0.500. The largest absolute Gasteiger partial charge is 0.481 e. The van der Waals surface area contributed by atoms with Gasteiger partial charge < -0.3 is 63.3 Å². The molecule has 0 aliphatic heterocycles. The number of carbonyl (C=O) groups excluding carboxylic acids is 6. The Hall–Kier alpha value is -6.04. The number of nitrogens with zero attached hydrogens (tertiary/aromatic N) is 2. The number of nitrogens with one attached hydrogen (secondary N) is 7. The highest BCUT2D eigenvalue weighted by molar-refractivity contribution is 7.98. The van der Waals surface area contributed by atoms with Crippen molar-refractivity contribution in [1.29, 1.82) is 0 Å². The summed E-state index contributed by atoms with van der Waals surface area (Å²) in [5.41, 5.74) is 11.9. The van der Waals surface area contributed by atoms with Crippen LogP contribution in [0, 0.1) is 0 Å². The summed E-state index contributed by atoms with van der Waals surface area (Å²) in [7, 11) is 0. The second-order valence-corrected chi connectivity index (χ2v) is 12.8. The lowest BCUT2D eigenvalue weighted by Gasteiger charge is -2.26. The van der Waals surface area contributed by atoms with Gasteiger partial charge in [-0.2, -0.15) is 11.8 Å². The summed E-state index contributed by atoms with van der Waals surface area (Å²) in [6.45, 7) is 0. The van der Waals surface area contributed by atoms with E-state index in [1.54, 1.807) is 0 Å². The molecule has 0 saturated carbocycles. The zero-order chi connectivity index (χ0) is 40.4. The van der Waals surface area contributed by atoms with Crippen molar-refractivity contribution in [3.63, 3.8) is 0 Å². The minimum Gasteiger partial charge on any atom is -0.481 e. The molecule has 2 rings (SSSR count). The third-order valence-electron chi connectivity index (χ3n) is 7.51. The molecule has 23 nitrogen and oxygen atoms in total. The molecule has 2 aromatic rings. The van der Waals surface area contributed by atoms with Crippen molar-refractivity contribution in [2.45, 2.75) is 81.2 Å². The average molecular weight is 782 g/mol. The molecule has 0 aliphatic carbocycles. The third kappa shape index (κ3) is 15.7. The fourth-order valence-electron chi connectivity index (χ4n) is 4.71. The molecule has 0 unspecified atom stereocenters. The van der Waals surface area contributed by atoms with Crippen LogP contribution in [0.2, 0.25) is 0 Å². The molecule has 296 valence electrons. The van der Waals surface area contributed by atoms with Crippen LogP contribution in [-0.4, -0.2) is 137 Å². The van der Waals surface area contributed by atoms with E-state index in [9.17, 15) is 53.4 Å². The Morgan fingerprint density at radius 3 is 1.54 bits per heavy atom. The molecule has 0 spiro atoms. The number of carboxylic acids is 3. The standard InChI is InChI=1S/C30H43N11O12S/c1-54-5-4-16(31)25(47)38-18(6-14-10-33-12-35-14)27(49)40-20(8-23(43)44)29(51)37-17(2-3-22(32)42)26(48)39-19(7-15-11-34-13-36-15)28(50)41-21(30(52)53)9-24(45)46/h10-13,16-21H,2-9,31H2,1H3,(H2,32,42)(H,33,35)(H,34,36)(H,37,51)(H,38,47)(H,39,48)(H,40,49)(H,41,50)(H,43,44)(H,45,46)(H,52,53)/t16-,17-,18-,19-,20-,21-/m0/s1. The van der Waals surface area contributed by atoms with Crippen molar-refractivity contribution in [3.8, 4) is 0 Å². The van der Waals surface area contributed by atoms with E-state index < -0.39 is 115 Å². The van der Waals surface area contributed by atoms with Crippen LogP contribution in [0.15, 0.2) is 25.0 Å². The van der Waals surface area contributed by atoms with Crippen molar-refractivity contribution in [1.82, 2.24) is 46.5 Å². The first-order chi connectivity index (χ1) is 25.5. The summed E-state index contributed by atoms with van der Waals surface area (Å²) in [6.07, 6.45) is 3.80. The van der Waals surface area contributed by atoms with Gasteiger partial charge in [0.15, 0.2) is 0 Å². The van der Waals surface area contributed by atoms with Crippen molar-refractivity contribution in [2.75, 3.05) is 12.0 Å². The topological polar surface area (TPSA) is 384 Å². The van der Waals surface area contributed by atoms with E-state index in [1.807, 2.05) is 11.6 Å². The van der Waals surface area contributed by atoms with Gasteiger partial charge >= 0.3 is 17.9 Å². The maximum absolute atomic E-state index is 13.6. The summed E-state index contributed by atoms with van der Waals surface area (Å²) in [5.74, 6) is -10.3. The summed E-state index contributed by atoms with van der Waals surface area (Å²) in [4.78, 5) is 126. The fourth-order valence-corrected chi connectivity index (χ4v) is 5.20. The molecule has 0 aromatic carbocycles. The van der Waals surface area contributed by atoms with Crippen LogP contribution in [-0.2, 0) is 56.0 Å².